The summed E-state index contributed by atoms with van der Waals surface area (Å²) in [5.74, 6) is -0.377. The Morgan fingerprint density at radius 3 is 2.45 bits per heavy atom. The molecule has 0 aliphatic rings. The normalized spacial score (nSPS) is 11.0. The van der Waals surface area contributed by atoms with Gasteiger partial charge < -0.3 is 16.2 Å². The molecular weight excluding hydrogens is 299 g/mol. The van der Waals surface area contributed by atoms with E-state index in [9.17, 15) is 13.2 Å². The van der Waals surface area contributed by atoms with E-state index in [4.69, 9.17) is 21.5 Å². The van der Waals surface area contributed by atoms with Crippen molar-refractivity contribution in [2.75, 3.05) is 18.6 Å². The fourth-order valence-electron chi connectivity index (χ4n) is 1.87. The van der Waals surface area contributed by atoms with Gasteiger partial charge in [-0.3, -0.25) is 0 Å². The molecule has 0 saturated heterocycles. The number of hydrogen-bond acceptors (Lipinski definition) is 6. The first kappa shape index (κ1) is 15.4. The second-order valence-corrected chi connectivity index (χ2v) is 4.22. The Bertz CT molecular complexity index is 767. The van der Waals surface area contributed by atoms with Crippen molar-refractivity contribution in [2.24, 2.45) is 0 Å². The number of aromatic nitrogens is 2. The van der Waals surface area contributed by atoms with Gasteiger partial charge in [0.25, 0.3) is 0 Å². The van der Waals surface area contributed by atoms with Gasteiger partial charge in [0.05, 0.1) is 18.4 Å². The van der Waals surface area contributed by atoms with Crippen LogP contribution in [0.25, 0.3) is 11.3 Å². The van der Waals surface area contributed by atoms with Gasteiger partial charge >= 0.3 is 6.18 Å². The maximum Gasteiger partial charge on any atom is 0.416 e. The van der Waals surface area contributed by atoms with Crippen molar-refractivity contribution in [3.8, 4) is 23.1 Å². The van der Waals surface area contributed by atoms with Gasteiger partial charge in [0.2, 0.25) is 5.95 Å². The largest absolute Gasteiger partial charge is 0.496 e. The van der Waals surface area contributed by atoms with Crippen molar-refractivity contribution in [1.29, 1.82) is 5.26 Å². The summed E-state index contributed by atoms with van der Waals surface area (Å²) < 4.78 is 43.6. The number of nitrogen functional groups attached to an aromatic ring is 2. The molecule has 114 valence electrons. The van der Waals surface area contributed by atoms with Gasteiger partial charge in [-0.2, -0.15) is 23.4 Å². The summed E-state index contributed by atoms with van der Waals surface area (Å²) in [6, 6.07) is 4.57. The Morgan fingerprint density at radius 2 is 1.91 bits per heavy atom. The van der Waals surface area contributed by atoms with E-state index in [1.165, 1.54) is 7.11 Å². The second-order valence-electron chi connectivity index (χ2n) is 4.22. The predicted molar refractivity (Wildman–Crippen MR) is 72.6 cm³/mol. The highest BCUT2D eigenvalue weighted by molar-refractivity contribution is 5.77. The van der Waals surface area contributed by atoms with E-state index < -0.39 is 11.7 Å². The van der Waals surface area contributed by atoms with Gasteiger partial charge in [-0.1, -0.05) is 0 Å². The third-order valence-corrected chi connectivity index (χ3v) is 2.85. The molecular formula is C13H10F3N5O. The standard InChI is InChI=1S/C13H10F3N5O/c1-22-9-3-2-6(13(14,15)16)4-7(9)10-8(5-17)11(18)21-12(19)20-10/h2-4H,1H3,(H4,18,19,20,21). The molecule has 0 fully saturated rings. The number of anilines is 2. The van der Waals surface area contributed by atoms with E-state index >= 15 is 0 Å². The molecule has 2 aromatic rings. The van der Waals surface area contributed by atoms with Crippen LogP contribution in [0.15, 0.2) is 18.2 Å². The average Bonchev–Trinajstić information content (AvgIpc) is 2.44. The SMILES string of the molecule is COc1ccc(C(F)(F)F)cc1-c1nc(N)nc(N)c1C#N. The highest BCUT2D eigenvalue weighted by Crippen LogP contribution is 2.38. The number of benzene rings is 1. The fourth-order valence-corrected chi connectivity index (χ4v) is 1.87. The molecule has 0 amide bonds. The van der Waals surface area contributed by atoms with Crippen molar-refractivity contribution in [1.82, 2.24) is 9.97 Å². The number of rotatable bonds is 2. The monoisotopic (exact) mass is 309 g/mol. The Labute approximate surface area is 123 Å². The lowest BCUT2D eigenvalue weighted by Gasteiger charge is -2.14. The summed E-state index contributed by atoms with van der Waals surface area (Å²) in [4.78, 5) is 7.44. The fraction of sp³-hybridized carbons (Fsp3) is 0.154. The van der Waals surface area contributed by atoms with E-state index in [1.54, 1.807) is 6.07 Å². The van der Waals surface area contributed by atoms with Crippen LogP contribution in [0.3, 0.4) is 0 Å². The van der Waals surface area contributed by atoms with Gasteiger partial charge in [0, 0.05) is 5.56 Å². The molecule has 0 radical (unpaired) electrons. The first-order chi connectivity index (χ1) is 10.3. The molecule has 0 spiro atoms. The first-order valence-corrected chi connectivity index (χ1v) is 5.86. The lowest BCUT2D eigenvalue weighted by molar-refractivity contribution is -0.137. The van der Waals surface area contributed by atoms with Crippen molar-refractivity contribution in [2.45, 2.75) is 6.18 Å². The van der Waals surface area contributed by atoms with E-state index in [2.05, 4.69) is 9.97 Å². The highest BCUT2D eigenvalue weighted by Gasteiger charge is 2.32. The van der Waals surface area contributed by atoms with Gasteiger partial charge in [-0.25, -0.2) is 4.98 Å². The molecule has 1 heterocycles. The van der Waals surface area contributed by atoms with Crippen LogP contribution in [0.5, 0.6) is 5.75 Å². The van der Waals surface area contributed by atoms with Crippen molar-refractivity contribution in [3.05, 3.63) is 29.3 Å². The number of alkyl halides is 3. The quantitative estimate of drug-likeness (QED) is 0.879. The number of ether oxygens (including phenoxy) is 1. The predicted octanol–water partition coefficient (Wildman–Crippen LogP) is 2.21. The van der Waals surface area contributed by atoms with Gasteiger partial charge in [0.15, 0.2) is 0 Å². The third-order valence-electron chi connectivity index (χ3n) is 2.85. The molecule has 9 heteroatoms. The third kappa shape index (κ3) is 2.71. The number of nitrogens with two attached hydrogens (primary N) is 2. The molecule has 0 aliphatic carbocycles. The smallest absolute Gasteiger partial charge is 0.416 e. The Balaban J connectivity index is 2.79. The summed E-state index contributed by atoms with van der Waals surface area (Å²) in [5.41, 5.74) is 9.78. The molecule has 0 unspecified atom stereocenters. The van der Waals surface area contributed by atoms with Crippen LogP contribution in [0, 0.1) is 11.3 Å². The van der Waals surface area contributed by atoms with E-state index in [0.29, 0.717) is 0 Å². The summed E-state index contributed by atoms with van der Waals surface area (Å²) in [5, 5.41) is 9.13. The minimum Gasteiger partial charge on any atom is -0.496 e. The zero-order valence-electron chi connectivity index (χ0n) is 11.3. The lowest BCUT2D eigenvalue weighted by Crippen LogP contribution is -2.08. The maximum atomic E-state index is 12.9. The topological polar surface area (TPSA) is 111 Å². The molecule has 0 aliphatic heterocycles. The van der Waals surface area contributed by atoms with Gasteiger partial charge in [-0.05, 0) is 18.2 Å². The number of nitrogens with zero attached hydrogens (tertiary/aromatic N) is 3. The lowest BCUT2D eigenvalue weighted by atomic mass is 10.0. The Hall–Kier alpha value is -3.02. The van der Waals surface area contributed by atoms with E-state index in [1.807, 2.05) is 0 Å². The van der Waals surface area contributed by atoms with Crippen LogP contribution < -0.4 is 16.2 Å². The van der Waals surface area contributed by atoms with Gasteiger partial charge in [-0.15, -0.1) is 0 Å². The first-order valence-electron chi connectivity index (χ1n) is 5.86. The molecule has 6 nitrogen and oxygen atoms in total. The summed E-state index contributed by atoms with van der Waals surface area (Å²) in [7, 11) is 1.28. The molecule has 4 N–H and O–H groups in total. The van der Waals surface area contributed by atoms with Crippen LogP contribution in [-0.2, 0) is 6.18 Å². The molecule has 22 heavy (non-hydrogen) atoms. The molecule has 0 bridgehead atoms. The molecule has 1 aromatic heterocycles. The Kier molecular flexibility index (Phi) is 3.77. The van der Waals surface area contributed by atoms with Crippen molar-refractivity contribution in [3.63, 3.8) is 0 Å². The van der Waals surface area contributed by atoms with Crippen LogP contribution in [0.1, 0.15) is 11.1 Å². The number of methoxy groups -OCH3 is 1. The number of halogens is 3. The summed E-state index contributed by atoms with van der Waals surface area (Å²) >= 11 is 0. The Morgan fingerprint density at radius 1 is 1.23 bits per heavy atom. The summed E-state index contributed by atoms with van der Waals surface area (Å²) in [6.07, 6.45) is -4.56. The van der Waals surface area contributed by atoms with Crippen molar-refractivity contribution < 1.29 is 17.9 Å². The highest BCUT2D eigenvalue weighted by atomic mass is 19.4. The number of hydrogen-bond donors (Lipinski definition) is 2. The minimum atomic E-state index is -4.56. The molecule has 1 aromatic carbocycles. The second kappa shape index (κ2) is 5.40. The van der Waals surface area contributed by atoms with E-state index in [0.717, 1.165) is 18.2 Å². The van der Waals surface area contributed by atoms with Crippen molar-refractivity contribution >= 4 is 11.8 Å². The molecule has 0 atom stereocenters. The summed E-state index contributed by atoms with van der Waals surface area (Å²) in [6.45, 7) is 0. The van der Waals surface area contributed by atoms with Crippen LogP contribution in [0.4, 0.5) is 24.9 Å². The maximum absolute atomic E-state index is 12.9. The van der Waals surface area contributed by atoms with Crippen LogP contribution in [-0.4, -0.2) is 17.1 Å². The van der Waals surface area contributed by atoms with Gasteiger partial charge in [0.1, 0.15) is 23.2 Å². The minimum absolute atomic E-state index is 0.0466. The molecule has 0 saturated carbocycles. The van der Waals surface area contributed by atoms with Crippen LogP contribution >= 0.6 is 0 Å². The zero-order chi connectivity index (χ0) is 16.5. The van der Waals surface area contributed by atoms with E-state index in [-0.39, 0.29) is 34.3 Å². The number of nitriles is 1. The zero-order valence-corrected chi connectivity index (χ0v) is 11.3. The average molecular weight is 309 g/mol. The molecule has 2 rings (SSSR count). The van der Waals surface area contributed by atoms with Crippen LogP contribution in [0.2, 0.25) is 0 Å².